The smallest absolute Gasteiger partial charge is 0.258 e. The maximum Gasteiger partial charge on any atom is 0.269 e. The highest BCUT2D eigenvalue weighted by Crippen LogP contribution is 2.19. The van der Waals surface area contributed by atoms with E-state index in [-0.39, 0.29) is 30.1 Å². The summed E-state index contributed by atoms with van der Waals surface area (Å²) in [7, 11) is -3.71. The lowest BCUT2D eigenvalue weighted by atomic mass is 10.3. The van der Waals surface area contributed by atoms with Crippen LogP contribution < -0.4 is 0 Å². The van der Waals surface area contributed by atoms with Gasteiger partial charge in [0.05, 0.1) is 15.9 Å². The minimum atomic E-state index is -3.71. The Morgan fingerprint density at radius 2 is 1.95 bits per heavy atom. The van der Waals surface area contributed by atoms with Crippen molar-refractivity contribution in [3.8, 4) is 6.07 Å². The first-order valence-corrected chi connectivity index (χ1v) is 6.99. The van der Waals surface area contributed by atoms with Crippen LogP contribution in [0, 0.1) is 21.4 Å². The van der Waals surface area contributed by atoms with Crippen molar-refractivity contribution in [1.29, 1.82) is 5.26 Å². The van der Waals surface area contributed by atoms with Crippen molar-refractivity contribution < 1.29 is 13.3 Å². The number of non-ortho nitro benzene ring substituents is 1. The number of hydrogen-bond acceptors (Lipinski definition) is 5. The van der Waals surface area contributed by atoms with Gasteiger partial charge in [-0.1, -0.05) is 6.92 Å². The number of rotatable bonds is 6. The summed E-state index contributed by atoms with van der Waals surface area (Å²) in [5.74, 6) is 0. The molecule has 0 heterocycles. The number of nitrogens with zero attached hydrogens (tertiary/aromatic N) is 3. The van der Waals surface area contributed by atoms with Crippen molar-refractivity contribution >= 4 is 15.7 Å². The molecular formula is C11H13N3O4S. The molecule has 0 saturated heterocycles. The van der Waals surface area contributed by atoms with E-state index in [4.69, 9.17) is 5.26 Å². The zero-order valence-corrected chi connectivity index (χ0v) is 11.1. The SMILES string of the molecule is CCN(CCC#N)S(=O)(=O)c1ccc([N+](=O)[O-])cc1. The summed E-state index contributed by atoms with van der Waals surface area (Å²) in [6.07, 6.45) is 0.0973. The van der Waals surface area contributed by atoms with Gasteiger partial charge in [0.1, 0.15) is 0 Å². The molecular weight excluding hydrogens is 270 g/mol. The lowest BCUT2D eigenvalue weighted by Gasteiger charge is -2.18. The Kier molecular flexibility index (Phi) is 4.97. The summed E-state index contributed by atoms with van der Waals surface area (Å²) < 4.78 is 25.6. The predicted octanol–water partition coefficient (Wildman–Crippen LogP) is 1.52. The van der Waals surface area contributed by atoms with Gasteiger partial charge in [-0.2, -0.15) is 9.57 Å². The van der Waals surface area contributed by atoms with E-state index in [1.807, 2.05) is 6.07 Å². The first-order chi connectivity index (χ1) is 8.93. The maximum atomic E-state index is 12.2. The summed E-state index contributed by atoms with van der Waals surface area (Å²) in [6, 6.07) is 6.57. The van der Waals surface area contributed by atoms with E-state index in [0.29, 0.717) is 0 Å². The van der Waals surface area contributed by atoms with Gasteiger partial charge in [-0.25, -0.2) is 8.42 Å². The van der Waals surface area contributed by atoms with Crippen LogP contribution in [0.4, 0.5) is 5.69 Å². The van der Waals surface area contributed by atoms with Crippen LogP contribution in [0.15, 0.2) is 29.2 Å². The zero-order chi connectivity index (χ0) is 14.5. The third-order valence-electron chi connectivity index (χ3n) is 2.51. The quantitative estimate of drug-likeness (QED) is 0.581. The first-order valence-electron chi connectivity index (χ1n) is 5.55. The Labute approximate surface area is 111 Å². The van der Waals surface area contributed by atoms with Gasteiger partial charge >= 0.3 is 0 Å². The van der Waals surface area contributed by atoms with E-state index in [9.17, 15) is 18.5 Å². The maximum absolute atomic E-state index is 12.2. The van der Waals surface area contributed by atoms with Crippen LogP contribution in [0.5, 0.6) is 0 Å². The van der Waals surface area contributed by atoms with Gasteiger partial charge in [0.2, 0.25) is 10.0 Å². The number of nitro groups is 1. The Morgan fingerprint density at radius 1 is 1.37 bits per heavy atom. The van der Waals surface area contributed by atoms with Gasteiger partial charge in [-0.05, 0) is 12.1 Å². The van der Waals surface area contributed by atoms with E-state index in [2.05, 4.69) is 0 Å². The molecule has 0 bridgehead atoms. The van der Waals surface area contributed by atoms with Gasteiger partial charge in [-0.3, -0.25) is 10.1 Å². The van der Waals surface area contributed by atoms with Crippen molar-refractivity contribution in [2.75, 3.05) is 13.1 Å². The minimum Gasteiger partial charge on any atom is -0.258 e. The van der Waals surface area contributed by atoms with Crippen molar-refractivity contribution in [3.05, 3.63) is 34.4 Å². The van der Waals surface area contributed by atoms with Gasteiger partial charge in [0, 0.05) is 31.6 Å². The molecule has 0 aliphatic carbocycles. The highest BCUT2D eigenvalue weighted by atomic mass is 32.2. The first kappa shape index (κ1) is 15.1. The molecule has 0 saturated carbocycles. The van der Waals surface area contributed by atoms with Gasteiger partial charge in [0.15, 0.2) is 0 Å². The second kappa shape index (κ2) is 6.26. The summed E-state index contributed by atoms with van der Waals surface area (Å²) in [5.41, 5.74) is -0.168. The average molecular weight is 283 g/mol. The highest BCUT2D eigenvalue weighted by molar-refractivity contribution is 7.89. The molecule has 0 aliphatic heterocycles. The molecule has 0 amide bonds. The number of nitriles is 1. The Bertz CT molecular complexity index is 589. The molecule has 0 aliphatic rings. The zero-order valence-electron chi connectivity index (χ0n) is 10.3. The predicted molar refractivity (Wildman–Crippen MR) is 67.8 cm³/mol. The molecule has 1 rings (SSSR count). The summed E-state index contributed by atoms with van der Waals surface area (Å²) in [6.45, 7) is 2.01. The van der Waals surface area contributed by atoms with Crippen LogP contribution in [0.1, 0.15) is 13.3 Å². The summed E-state index contributed by atoms with van der Waals surface area (Å²) in [4.78, 5) is 9.89. The van der Waals surface area contributed by atoms with E-state index in [1.54, 1.807) is 6.92 Å². The number of nitro benzene ring substituents is 1. The van der Waals surface area contributed by atoms with Gasteiger partial charge in [0.25, 0.3) is 5.69 Å². The molecule has 0 unspecified atom stereocenters. The lowest BCUT2D eigenvalue weighted by molar-refractivity contribution is -0.384. The molecule has 0 spiro atoms. The Morgan fingerprint density at radius 3 is 2.37 bits per heavy atom. The van der Waals surface area contributed by atoms with Crippen LogP contribution in [-0.2, 0) is 10.0 Å². The largest absolute Gasteiger partial charge is 0.269 e. The molecule has 1 aromatic carbocycles. The summed E-state index contributed by atoms with van der Waals surface area (Å²) in [5, 5.41) is 19.0. The third kappa shape index (κ3) is 3.49. The third-order valence-corrected chi connectivity index (χ3v) is 4.50. The normalized spacial score (nSPS) is 11.2. The second-order valence-corrected chi connectivity index (χ2v) is 5.59. The van der Waals surface area contributed by atoms with E-state index >= 15 is 0 Å². The monoisotopic (exact) mass is 283 g/mol. The molecule has 0 N–H and O–H groups in total. The van der Waals surface area contributed by atoms with E-state index in [1.165, 1.54) is 12.1 Å². The fraction of sp³-hybridized carbons (Fsp3) is 0.364. The lowest BCUT2D eigenvalue weighted by Crippen LogP contribution is -2.31. The van der Waals surface area contributed by atoms with Crippen LogP contribution >= 0.6 is 0 Å². The molecule has 102 valence electrons. The highest BCUT2D eigenvalue weighted by Gasteiger charge is 2.23. The van der Waals surface area contributed by atoms with Crippen molar-refractivity contribution in [1.82, 2.24) is 4.31 Å². The summed E-state index contributed by atoms with van der Waals surface area (Å²) >= 11 is 0. The average Bonchev–Trinajstić information content (AvgIpc) is 2.39. The van der Waals surface area contributed by atoms with Crippen LogP contribution in [0.25, 0.3) is 0 Å². The molecule has 1 aromatic rings. The van der Waals surface area contributed by atoms with Crippen molar-refractivity contribution in [2.45, 2.75) is 18.2 Å². The molecule has 0 radical (unpaired) electrons. The topological polar surface area (TPSA) is 104 Å². The minimum absolute atomic E-state index is 0.0158. The molecule has 0 aromatic heterocycles. The van der Waals surface area contributed by atoms with E-state index < -0.39 is 14.9 Å². The van der Waals surface area contributed by atoms with Crippen LogP contribution in [-0.4, -0.2) is 30.7 Å². The van der Waals surface area contributed by atoms with Crippen molar-refractivity contribution in [2.24, 2.45) is 0 Å². The second-order valence-electron chi connectivity index (χ2n) is 3.66. The Balaban J connectivity index is 3.05. The van der Waals surface area contributed by atoms with Gasteiger partial charge < -0.3 is 0 Å². The molecule has 7 nitrogen and oxygen atoms in total. The molecule has 0 fully saturated rings. The number of sulfonamides is 1. The van der Waals surface area contributed by atoms with Crippen LogP contribution in [0.2, 0.25) is 0 Å². The van der Waals surface area contributed by atoms with Gasteiger partial charge in [-0.15, -0.1) is 0 Å². The number of benzene rings is 1. The molecule has 19 heavy (non-hydrogen) atoms. The van der Waals surface area contributed by atoms with Crippen molar-refractivity contribution in [3.63, 3.8) is 0 Å². The Hall–Kier alpha value is -1.98. The standard InChI is InChI=1S/C11H13N3O4S/c1-2-13(9-3-8-12)19(17,18)11-6-4-10(5-7-11)14(15)16/h4-7H,2-3,9H2,1H3. The van der Waals surface area contributed by atoms with Crippen LogP contribution in [0.3, 0.4) is 0 Å². The van der Waals surface area contributed by atoms with E-state index in [0.717, 1.165) is 16.4 Å². The molecule has 8 heteroatoms. The number of hydrogen-bond donors (Lipinski definition) is 0. The fourth-order valence-electron chi connectivity index (χ4n) is 1.51. The fourth-order valence-corrected chi connectivity index (χ4v) is 2.96. The molecule has 0 atom stereocenters.